The number of hydrogen-bond donors (Lipinski definition) is 1. The zero-order valence-corrected chi connectivity index (χ0v) is 19.5. The lowest BCUT2D eigenvalue weighted by Gasteiger charge is -2.39. The van der Waals surface area contributed by atoms with Gasteiger partial charge < -0.3 is 10.1 Å². The maximum atomic E-state index is 12.7. The smallest absolute Gasteiger partial charge is 0.251 e. The van der Waals surface area contributed by atoms with Crippen molar-refractivity contribution in [1.29, 1.82) is 0 Å². The second-order valence-corrected chi connectivity index (χ2v) is 9.63. The van der Waals surface area contributed by atoms with Gasteiger partial charge >= 0.3 is 0 Å². The Kier molecular flexibility index (Phi) is 6.16. The Morgan fingerprint density at radius 1 is 1.14 bits per heavy atom. The van der Waals surface area contributed by atoms with Crippen LogP contribution in [0.4, 0.5) is 0 Å². The normalized spacial score (nSPS) is 23.8. The molecule has 2 aromatic carbocycles. The van der Waals surface area contributed by atoms with Gasteiger partial charge in [0.2, 0.25) is 0 Å². The minimum atomic E-state index is 0.0583. The van der Waals surface area contributed by atoms with Gasteiger partial charge in [0.1, 0.15) is 5.75 Å². The van der Waals surface area contributed by atoms with E-state index in [1.165, 1.54) is 29.5 Å². The lowest BCUT2D eigenvalue weighted by Crippen LogP contribution is -2.50. The van der Waals surface area contributed by atoms with Crippen molar-refractivity contribution in [3.8, 4) is 5.75 Å². The average molecular weight is 504 g/mol. The van der Waals surface area contributed by atoms with Crippen LogP contribution in [0, 0.1) is 17.4 Å². The molecule has 2 saturated heterocycles. The van der Waals surface area contributed by atoms with E-state index in [9.17, 15) is 4.79 Å². The van der Waals surface area contributed by atoms with Gasteiger partial charge in [-0.1, -0.05) is 12.1 Å². The van der Waals surface area contributed by atoms with Crippen molar-refractivity contribution in [2.45, 2.75) is 64.2 Å². The largest absolute Gasteiger partial charge is 0.496 e. The number of nitrogens with one attached hydrogen (secondary N) is 1. The fourth-order valence-corrected chi connectivity index (χ4v) is 5.53. The number of hydrogen-bond acceptors (Lipinski definition) is 3. The molecule has 5 heteroatoms. The van der Waals surface area contributed by atoms with E-state index in [0.29, 0.717) is 12.1 Å². The number of benzene rings is 2. The van der Waals surface area contributed by atoms with Crippen LogP contribution < -0.4 is 10.1 Å². The van der Waals surface area contributed by atoms with E-state index >= 15 is 0 Å². The zero-order chi connectivity index (χ0) is 20.5. The average Bonchev–Trinajstić information content (AvgIpc) is 2.93. The number of carbonyl (C=O) groups excluding carboxylic acids is 1. The predicted molar refractivity (Wildman–Crippen MR) is 124 cm³/mol. The molecular weight excluding hydrogens is 475 g/mol. The lowest BCUT2D eigenvalue weighted by molar-refractivity contribution is 0.0827. The summed E-state index contributed by atoms with van der Waals surface area (Å²) in [5.74, 6) is 1.02. The van der Waals surface area contributed by atoms with Crippen LogP contribution in [0.15, 0.2) is 36.4 Å². The van der Waals surface area contributed by atoms with Crippen molar-refractivity contribution >= 4 is 28.5 Å². The molecule has 1 unspecified atom stereocenters. The van der Waals surface area contributed by atoms with Gasteiger partial charge in [-0.3, -0.25) is 9.69 Å². The molecule has 0 spiro atoms. The van der Waals surface area contributed by atoms with Gasteiger partial charge in [-0.05, 0) is 103 Å². The molecule has 2 bridgehead atoms. The van der Waals surface area contributed by atoms with E-state index in [-0.39, 0.29) is 11.9 Å². The molecule has 154 valence electrons. The number of methoxy groups -OCH3 is 1. The van der Waals surface area contributed by atoms with Gasteiger partial charge in [0, 0.05) is 33.8 Å². The third-order valence-corrected chi connectivity index (χ3v) is 7.40. The van der Waals surface area contributed by atoms with Gasteiger partial charge in [0.25, 0.3) is 5.91 Å². The SMILES string of the molecule is COc1ccc(CN2C3CC[C@H]2C[C@@H](NC(=O)c2cccc(I)c2)C3)c(C)c1C. The van der Waals surface area contributed by atoms with E-state index in [1.807, 2.05) is 24.3 Å². The molecule has 2 heterocycles. The van der Waals surface area contributed by atoms with Crippen LogP contribution in [0.25, 0.3) is 0 Å². The minimum Gasteiger partial charge on any atom is -0.496 e. The van der Waals surface area contributed by atoms with Crippen LogP contribution in [-0.2, 0) is 6.54 Å². The molecule has 3 atom stereocenters. The fraction of sp³-hybridized carbons (Fsp3) is 0.458. The van der Waals surface area contributed by atoms with Crippen molar-refractivity contribution < 1.29 is 9.53 Å². The summed E-state index contributed by atoms with van der Waals surface area (Å²) in [5.41, 5.74) is 4.72. The van der Waals surface area contributed by atoms with Crippen molar-refractivity contribution in [2.75, 3.05) is 7.11 Å². The molecule has 0 saturated carbocycles. The number of nitrogens with zero attached hydrogens (tertiary/aromatic N) is 1. The molecule has 2 fully saturated rings. The zero-order valence-electron chi connectivity index (χ0n) is 17.4. The fourth-order valence-electron chi connectivity index (χ4n) is 4.99. The van der Waals surface area contributed by atoms with E-state index in [2.05, 4.69) is 58.8 Å². The van der Waals surface area contributed by atoms with Crippen LogP contribution >= 0.6 is 22.6 Å². The van der Waals surface area contributed by atoms with Crippen molar-refractivity contribution in [1.82, 2.24) is 10.2 Å². The quantitative estimate of drug-likeness (QED) is 0.593. The third kappa shape index (κ3) is 4.31. The van der Waals surface area contributed by atoms with E-state index in [1.54, 1.807) is 7.11 Å². The topological polar surface area (TPSA) is 41.6 Å². The minimum absolute atomic E-state index is 0.0583. The summed E-state index contributed by atoms with van der Waals surface area (Å²) >= 11 is 2.25. The number of rotatable bonds is 5. The molecular formula is C24H29IN2O2. The summed E-state index contributed by atoms with van der Waals surface area (Å²) < 4.78 is 6.56. The molecule has 1 N–H and O–H groups in total. The monoisotopic (exact) mass is 504 g/mol. The van der Waals surface area contributed by atoms with Crippen molar-refractivity contribution in [3.63, 3.8) is 0 Å². The Morgan fingerprint density at radius 3 is 2.52 bits per heavy atom. The molecule has 29 heavy (non-hydrogen) atoms. The van der Waals surface area contributed by atoms with Crippen molar-refractivity contribution in [3.05, 3.63) is 62.2 Å². The maximum absolute atomic E-state index is 12.7. The van der Waals surface area contributed by atoms with Gasteiger partial charge in [0.05, 0.1) is 7.11 Å². The number of amides is 1. The first kappa shape index (κ1) is 20.7. The summed E-state index contributed by atoms with van der Waals surface area (Å²) in [6.07, 6.45) is 4.55. The van der Waals surface area contributed by atoms with Gasteiger partial charge in [-0.25, -0.2) is 0 Å². The number of halogens is 1. The van der Waals surface area contributed by atoms with Gasteiger partial charge in [-0.15, -0.1) is 0 Å². The van der Waals surface area contributed by atoms with Crippen LogP contribution in [0.1, 0.15) is 52.7 Å². The Bertz CT molecular complexity index is 900. The first-order valence-corrected chi connectivity index (χ1v) is 11.5. The van der Waals surface area contributed by atoms with Gasteiger partial charge in [-0.2, -0.15) is 0 Å². The molecule has 2 aliphatic rings. The van der Waals surface area contributed by atoms with Gasteiger partial charge in [0.15, 0.2) is 0 Å². The Hall–Kier alpha value is -1.60. The first-order chi connectivity index (χ1) is 14.0. The van der Waals surface area contributed by atoms with E-state index in [0.717, 1.165) is 34.3 Å². The van der Waals surface area contributed by atoms with Crippen LogP contribution in [0.5, 0.6) is 5.75 Å². The highest BCUT2D eigenvalue weighted by Gasteiger charge is 2.41. The molecule has 2 aromatic rings. The van der Waals surface area contributed by atoms with E-state index < -0.39 is 0 Å². The summed E-state index contributed by atoms with van der Waals surface area (Å²) in [6, 6.07) is 13.5. The van der Waals surface area contributed by atoms with Crippen LogP contribution in [-0.4, -0.2) is 36.0 Å². The Balaban J connectivity index is 1.42. The molecule has 0 aliphatic carbocycles. The molecule has 1 amide bonds. The van der Waals surface area contributed by atoms with E-state index in [4.69, 9.17) is 4.74 Å². The Labute approximate surface area is 187 Å². The summed E-state index contributed by atoms with van der Waals surface area (Å²) in [5, 5.41) is 3.30. The third-order valence-electron chi connectivity index (χ3n) is 6.73. The van der Waals surface area contributed by atoms with Crippen molar-refractivity contribution in [2.24, 2.45) is 0 Å². The summed E-state index contributed by atoms with van der Waals surface area (Å²) in [4.78, 5) is 15.3. The highest BCUT2D eigenvalue weighted by atomic mass is 127. The maximum Gasteiger partial charge on any atom is 0.251 e. The number of ether oxygens (including phenoxy) is 1. The number of fused-ring (bicyclic) bond motifs is 2. The second-order valence-electron chi connectivity index (χ2n) is 8.39. The van der Waals surface area contributed by atoms with Crippen LogP contribution in [0.3, 0.4) is 0 Å². The summed E-state index contributed by atoms with van der Waals surface area (Å²) in [7, 11) is 1.73. The van der Waals surface area contributed by atoms with Crippen LogP contribution in [0.2, 0.25) is 0 Å². The lowest BCUT2D eigenvalue weighted by atomic mass is 9.95. The second kappa shape index (κ2) is 8.64. The molecule has 0 radical (unpaired) electrons. The highest BCUT2D eigenvalue weighted by molar-refractivity contribution is 14.1. The summed E-state index contributed by atoms with van der Waals surface area (Å²) in [6.45, 7) is 5.33. The highest BCUT2D eigenvalue weighted by Crippen LogP contribution is 2.38. The predicted octanol–water partition coefficient (Wildman–Crippen LogP) is 4.84. The molecule has 2 aliphatic heterocycles. The Morgan fingerprint density at radius 2 is 1.86 bits per heavy atom. The molecule has 4 nitrogen and oxygen atoms in total. The standard InChI is InChI=1S/C24H29IN2O2/c1-15-16(2)23(29-3)10-7-18(15)14-27-21-8-9-22(27)13-20(12-21)26-24(28)17-5-4-6-19(25)11-17/h4-7,10-11,20-22H,8-9,12-14H2,1-3H3,(H,26,28)/t20-,21+,22?/m1/s1. The number of carbonyl (C=O) groups is 1. The molecule has 0 aromatic heterocycles. The first-order valence-electron chi connectivity index (χ1n) is 10.4. The number of piperidine rings is 1. The molecule has 4 rings (SSSR count).